The molecule has 1 saturated heterocycles. The summed E-state index contributed by atoms with van der Waals surface area (Å²) in [6.07, 6.45) is 0.793. The molecule has 0 radical (unpaired) electrons. The lowest BCUT2D eigenvalue weighted by Crippen LogP contribution is -2.67. The minimum absolute atomic E-state index is 0.225. The molecular weight excluding hydrogens is 345 g/mol. The van der Waals surface area contributed by atoms with E-state index in [1.165, 1.54) is 11.0 Å². The van der Waals surface area contributed by atoms with E-state index < -0.39 is 12.1 Å². The van der Waals surface area contributed by atoms with Crippen molar-refractivity contribution in [2.45, 2.75) is 31.3 Å². The summed E-state index contributed by atoms with van der Waals surface area (Å²) in [6, 6.07) is 14.6. The van der Waals surface area contributed by atoms with E-state index in [0.29, 0.717) is 12.1 Å². The van der Waals surface area contributed by atoms with Crippen LogP contribution in [-0.2, 0) is 0 Å². The van der Waals surface area contributed by atoms with E-state index in [0.717, 1.165) is 17.5 Å². The van der Waals surface area contributed by atoms with Crippen molar-refractivity contribution in [3.63, 3.8) is 0 Å². The Morgan fingerprint density at radius 2 is 1.96 bits per heavy atom. The molecule has 140 valence electrons. The summed E-state index contributed by atoms with van der Waals surface area (Å²) < 4.78 is 14.0. The molecule has 0 saturated carbocycles. The van der Waals surface area contributed by atoms with Gasteiger partial charge in [-0.1, -0.05) is 49.4 Å². The quantitative estimate of drug-likeness (QED) is 0.852. The number of likely N-dealkylation sites (tertiary alicyclic amines) is 1. The first kappa shape index (κ1) is 18.9. The van der Waals surface area contributed by atoms with Crippen LogP contribution in [0.25, 0.3) is 11.1 Å². The Kier molecular flexibility index (Phi) is 5.72. The smallest absolute Gasteiger partial charge is 0.318 e. The van der Waals surface area contributed by atoms with Gasteiger partial charge >= 0.3 is 6.03 Å². The number of halogens is 1. The Hall–Kier alpha value is -2.91. The molecule has 27 heavy (non-hydrogen) atoms. The molecule has 2 amide bonds. The van der Waals surface area contributed by atoms with Gasteiger partial charge in [-0.2, -0.15) is 5.26 Å². The summed E-state index contributed by atoms with van der Waals surface area (Å²) in [4.78, 5) is 13.7. The molecule has 1 aliphatic rings. The van der Waals surface area contributed by atoms with E-state index in [1.54, 1.807) is 30.3 Å². The molecule has 0 aromatic heterocycles. The number of carbonyl (C=O) groups is 1. The van der Waals surface area contributed by atoms with Gasteiger partial charge in [-0.25, -0.2) is 9.18 Å². The molecule has 1 heterocycles. The lowest BCUT2D eigenvalue weighted by atomic mass is 9.76. The van der Waals surface area contributed by atoms with Gasteiger partial charge in [0.15, 0.2) is 0 Å². The molecule has 0 spiro atoms. The lowest BCUT2D eigenvalue weighted by Gasteiger charge is -2.51. The van der Waals surface area contributed by atoms with Crippen LogP contribution in [0, 0.1) is 17.1 Å². The number of nitrogens with zero attached hydrogens (tertiary/aromatic N) is 2. The molecule has 0 bridgehead atoms. The minimum atomic E-state index is -0.640. The number of amides is 2. The van der Waals surface area contributed by atoms with Gasteiger partial charge in [0.1, 0.15) is 11.9 Å². The number of rotatable bonds is 5. The predicted molar refractivity (Wildman–Crippen MR) is 100 cm³/mol. The van der Waals surface area contributed by atoms with Gasteiger partial charge in [0.2, 0.25) is 0 Å². The van der Waals surface area contributed by atoms with Crippen LogP contribution in [0.3, 0.4) is 0 Å². The van der Waals surface area contributed by atoms with Crippen LogP contribution in [0.1, 0.15) is 24.8 Å². The first-order valence-electron chi connectivity index (χ1n) is 9.03. The standard InChI is InChI=1S/C21H22FN3O2/c1-2-11-24-21(27)25-18(12-23)20(19(25)13-26)15-9-7-14(8-10-15)16-5-3-4-6-17(16)22/h3-10,18-20,26H,2,11,13H2,1H3,(H,24,27)/t18-,19-,20-/m0/s1. The predicted octanol–water partition coefficient (Wildman–Crippen LogP) is 3.26. The number of hydrogen-bond acceptors (Lipinski definition) is 3. The zero-order valence-electron chi connectivity index (χ0n) is 15.1. The van der Waals surface area contributed by atoms with Crippen molar-refractivity contribution in [1.29, 1.82) is 5.26 Å². The van der Waals surface area contributed by atoms with E-state index in [9.17, 15) is 19.6 Å². The number of aliphatic hydroxyl groups is 1. The van der Waals surface area contributed by atoms with Crippen molar-refractivity contribution in [2.24, 2.45) is 0 Å². The molecule has 2 N–H and O–H groups in total. The monoisotopic (exact) mass is 367 g/mol. The van der Waals surface area contributed by atoms with Gasteiger partial charge in [-0.05, 0) is 23.6 Å². The van der Waals surface area contributed by atoms with Crippen molar-refractivity contribution in [1.82, 2.24) is 10.2 Å². The lowest BCUT2D eigenvalue weighted by molar-refractivity contribution is 0.0169. The van der Waals surface area contributed by atoms with Crippen molar-refractivity contribution >= 4 is 6.03 Å². The minimum Gasteiger partial charge on any atom is -0.394 e. The van der Waals surface area contributed by atoms with E-state index >= 15 is 0 Å². The summed E-state index contributed by atoms with van der Waals surface area (Å²) in [5.74, 6) is -0.571. The highest BCUT2D eigenvalue weighted by atomic mass is 19.1. The molecule has 0 unspecified atom stereocenters. The molecule has 3 rings (SSSR count). The fourth-order valence-corrected chi connectivity index (χ4v) is 3.59. The summed E-state index contributed by atoms with van der Waals surface area (Å²) in [5, 5.41) is 22.1. The van der Waals surface area contributed by atoms with E-state index in [-0.39, 0.29) is 24.4 Å². The molecule has 0 aliphatic carbocycles. The normalized spacial score (nSPS) is 21.3. The summed E-state index contributed by atoms with van der Waals surface area (Å²) >= 11 is 0. The van der Waals surface area contributed by atoms with Gasteiger partial charge < -0.3 is 15.3 Å². The highest BCUT2D eigenvalue weighted by Gasteiger charge is 2.51. The number of nitrogens with one attached hydrogen (secondary N) is 1. The summed E-state index contributed by atoms with van der Waals surface area (Å²) in [5.41, 5.74) is 2.09. The highest BCUT2D eigenvalue weighted by molar-refractivity contribution is 5.77. The largest absolute Gasteiger partial charge is 0.394 e. The van der Waals surface area contributed by atoms with Gasteiger partial charge in [-0.15, -0.1) is 0 Å². The van der Waals surface area contributed by atoms with Gasteiger partial charge in [0.05, 0.1) is 18.7 Å². The fourth-order valence-electron chi connectivity index (χ4n) is 3.59. The third-order valence-corrected chi connectivity index (χ3v) is 4.97. The number of hydrogen-bond donors (Lipinski definition) is 2. The number of benzene rings is 2. The SMILES string of the molecule is CCCNC(=O)N1[C@@H](C#N)[C@H](c2ccc(-c3ccccc3F)cc2)[C@@H]1CO. The topological polar surface area (TPSA) is 76.4 Å². The fraction of sp³-hybridized carbons (Fsp3) is 0.333. The summed E-state index contributed by atoms with van der Waals surface area (Å²) in [7, 11) is 0. The third-order valence-electron chi connectivity index (χ3n) is 4.97. The number of urea groups is 1. The van der Waals surface area contributed by atoms with Gasteiger partial charge in [0, 0.05) is 18.0 Å². The third kappa shape index (κ3) is 3.51. The molecular formula is C21H22FN3O2. The van der Waals surface area contributed by atoms with Crippen LogP contribution < -0.4 is 5.32 Å². The molecule has 3 atom stereocenters. The second kappa shape index (κ2) is 8.19. The van der Waals surface area contributed by atoms with E-state index in [2.05, 4.69) is 11.4 Å². The van der Waals surface area contributed by atoms with Crippen LogP contribution in [0.4, 0.5) is 9.18 Å². The second-order valence-electron chi connectivity index (χ2n) is 6.59. The maximum Gasteiger partial charge on any atom is 0.318 e. The van der Waals surface area contributed by atoms with E-state index in [4.69, 9.17) is 0 Å². The Bertz CT molecular complexity index is 847. The zero-order chi connectivity index (χ0) is 19.4. The Balaban J connectivity index is 1.82. The van der Waals surface area contributed by atoms with Crippen molar-refractivity contribution in [3.05, 3.63) is 59.9 Å². The van der Waals surface area contributed by atoms with Gasteiger partial charge in [0.25, 0.3) is 0 Å². The molecule has 2 aromatic carbocycles. The maximum atomic E-state index is 14.0. The first-order valence-corrected chi connectivity index (χ1v) is 9.03. The van der Waals surface area contributed by atoms with Crippen LogP contribution in [-0.4, -0.2) is 41.3 Å². The van der Waals surface area contributed by atoms with Crippen LogP contribution in [0.2, 0.25) is 0 Å². The molecule has 2 aromatic rings. The van der Waals surface area contributed by atoms with Crippen molar-refractivity contribution in [3.8, 4) is 17.2 Å². The van der Waals surface area contributed by atoms with Crippen LogP contribution in [0.5, 0.6) is 0 Å². The van der Waals surface area contributed by atoms with E-state index in [1.807, 2.05) is 19.1 Å². The molecule has 1 fully saturated rings. The number of carbonyl (C=O) groups excluding carboxylic acids is 1. The van der Waals surface area contributed by atoms with Gasteiger partial charge in [-0.3, -0.25) is 0 Å². The molecule has 6 heteroatoms. The maximum absolute atomic E-state index is 14.0. The van der Waals surface area contributed by atoms with Crippen molar-refractivity contribution in [2.75, 3.05) is 13.2 Å². The average molecular weight is 367 g/mol. The summed E-state index contributed by atoms with van der Waals surface area (Å²) in [6.45, 7) is 2.24. The van der Waals surface area contributed by atoms with Crippen molar-refractivity contribution < 1.29 is 14.3 Å². The first-order chi connectivity index (χ1) is 13.1. The Morgan fingerprint density at radius 3 is 2.56 bits per heavy atom. The molecule has 1 aliphatic heterocycles. The Morgan fingerprint density at radius 1 is 1.26 bits per heavy atom. The highest BCUT2D eigenvalue weighted by Crippen LogP contribution is 2.41. The van der Waals surface area contributed by atoms with Crippen LogP contribution >= 0.6 is 0 Å². The average Bonchev–Trinajstić information content (AvgIpc) is 2.67. The molecule has 5 nitrogen and oxygen atoms in total. The number of nitriles is 1. The number of aliphatic hydroxyl groups excluding tert-OH is 1. The Labute approximate surface area is 158 Å². The second-order valence-corrected chi connectivity index (χ2v) is 6.59. The zero-order valence-corrected chi connectivity index (χ0v) is 15.1. The van der Waals surface area contributed by atoms with Crippen LogP contribution in [0.15, 0.2) is 48.5 Å².